The van der Waals surface area contributed by atoms with Crippen molar-refractivity contribution < 1.29 is 19.1 Å². The lowest BCUT2D eigenvalue weighted by atomic mass is 9.95. The third-order valence-electron chi connectivity index (χ3n) is 2.72. The van der Waals surface area contributed by atoms with Gasteiger partial charge in [0.1, 0.15) is 0 Å². The highest BCUT2D eigenvalue weighted by atomic mass is 16.5. The van der Waals surface area contributed by atoms with Crippen LogP contribution in [-0.2, 0) is 9.47 Å². The molecule has 0 spiro atoms. The molecule has 1 saturated heterocycles. The minimum Gasteiger partial charge on any atom is -0.453 e. The third-order valence-corrected chi connectivity index (χ3v) is 2.72. The minimum absolute atomic E-state index is 0.291. The van der Waals surface area contributed by atoms with E-state index in [-0.39, 0.29) is 6.09 Å². The minimum atomic E-state index is -0.749. The van der Waals surface area contributed by atoms with Crippen LogP contribution in [0, 0.1) is 5.92 Å². The molecule has 0 saturated carbocycles. The van der Waals surface area contributed by atoms with E-state index in [4.69, 9.17) is 5.73 Å². The van der Waals surface area contributed by atoms with Gasteiger partial charge in [-0.1, -0.05) is 0 Å². The molecule has 1 heterocycles. The Bertz CT molecular complexity index is 257. The van der Waals surface area contributed by atoms with Crippen molar-refractivity contribution in [2.24, 2.45) is 11.7 Å². The predicted octanol–water partition coefficient (Wildman–Crippen LogP) is 0.950. The molecule has 16 heavy (non-hydrogen) atoms. The van der Waals surface area contributed by atoms with Crippen LogP contribution >= 0.6 is 0 Å². The van der Waals surface area contributed by atoms with E-state index in [0.717, 1.165) is 25.8 Å². The van der Waals surface area contributed by atoms with Gasteiger partial charge in [-0.15, -0.1) is 0 Å². The Balaban J connectivity index is 2.27. The number of carbonyl (C=O) groups excluding carboxylic acids is 2. The summed E-state index contributed by atoms with van der Waals surface area (Å²) in [7, 11) is 1.38. The molecule has 2 amide bonds. The quantitative estimate of drug-likeness (QED) is 0.782. The van der Waals surface area contributed by atoms with Gasteiger partial charge in [-0.3, -0.25) is 0 Å². The second kappa shape index (κ2) is 6.19. The maximum atomic E-state index is 11.3. The first-order valence-corrected chi connectivity index (χ1v) is 5.38. The van der Waals surface area contributed by atoms with Gasteiger partial charge in [0.2, 0.25) is 0 Å². The fraction of sp³-hybridized carbons (Fsp3) is 0.800. The van der Waals surface area contributed by atoms with E-state index in [1.54, 1.807) is 4.90 Å². The molecule has 0 bridgehead atoms. The Morgan fingerprint density at radius 3 is 2.88 bits per heavy atom. The number of nitrogens with zero attached hydrogens (tertiary/aromatic N) is 1. The zero-order valence-corrected chi connectivity index (χ0v) is 9.48. The second-order valence-electron chi connectivity index (χ2n) is 3.88. The summed E-state index contributed by atoms with van der Waals surface area (Å²) in [5.41, 5.74) is 4.86. The lowest BCUT2D eigenvalue weighted by Crippen LogP contribution is -2.40. The van der Waals surface area contributed by atoms with Crippen LogP contribution in [-0.4, -0.2) is 43.9 Å². The Labute approximate surface area is 94.7 Å². The molecule has 0 radical (unpaired) electrons. The number of nitrogens with two attached hydrogens (primary N) is 1. The average molecular weight is 230 g/mol. The SMILES string of the molecule is COC(=O)N1CCCC(CCOC(N)=O)C1. The Hall–Kier alpha value is -1.46. The molecule has 1 aliphatic heterocycles. The molecule has 92 valence electrons. The van der Waals surface area contributed by atoms with Crippen LogP contribution in [0.1, 0.15) is 19.3 Å². The number of primary amides is 1. The highest BCUT2D eigenvalue weighted by molar-refractivity contribution is 5.67. The molecule has 2 N–H and O–H groups in total. The number of ether oxygens (including phenoxy) is 2. The van der Waals surface area contributed by atoms with Gasteiger partial charge in [-0.05, 0) is 25.2 Å². The number of hydrogen-bond donors (Lipinski definition) is 1. The average Bonchev–Trinajstić information content (AvgIpc) is 2.28. The number of carbonyl (C=O) groups is 2. The third kappa shape index (κ3) is 3.96. The summed E-state index contributed by atoms with van der Waals surface area (Å²) in [6.45, 7) is 1.71. The molecular formula is C10H18N2O4. The number of piperidine rings is 1. The summed E-state index contributed by atoms with van der Waals surface area (Å²) in [4.78, 5) is 23.3. The topological polar surface area (TPSA) is 81.9 Å². The van der Waals surface area contributed by atoms with Gasteiger partial charge in [0.25, 0.3) is 0 Å². The van der Waals surface area contributed by atoms with Crippen LogP contribution in [0.25, 0.3) is 0 Å². The van der Waals surface area contributed by atoms with Crippen molar-refractivity contribution in [2.45, 2.75) is 19.3 Å². The van der Waals surface area contributed by atoms with Crippen molar-refractivity contribution in [3.8, 4) is 0 Å². The van der Waals surface area contributed by atoms with Gasteiger partial charge in [0.05, 0.1) is 13.7 Å². The predicted molar refractivity (Wildman–Crippen MR) is 56.9 cm³/mol. The fourth-order valence-electron chi connectivity index (χ4n) is 1.92. The molecule has 0 aromatic rings. The van der Waals surface area contributed by atoms with Crippen LogP contribution < -0.4 is 5.73 Å². The monoisotopic (exact) mass is 230 g/mol. The van der Waals surface area contributed by atoms with E-state index >= 15 is 0 Å². The van der Waals surface area contributed by atoms with Crippen LogP contribution in [0.15, 0.2) is 0 Å². The normalized spacial score (nSPS) is 20.3. The van der Waals surface area contributed by atoms with E-state index in [1.807, 2.05) is 0 Å². The molecule has 1 fully saturated rings. The van der Waals surface area contributed by atoms with Crippen molar-refractivity contribution in [1.29, 1.82) is 0 Å². The van der Waals surface area contributed by atoms with Crippen molar-refractivity contribution in [1.82, 2.24) is 4.90 Å². The summed E-state index contributed by atoms with van der Waals surface area (Å²) in [6.07, 6.45) is 1.68. The number of methoxy groups -OCH3 is 1. The van der Waals surface area contributed by atoms with E-state index in [9.17, 15) is 9.59 Å². The molecule has 1 aliphatic rings. The molecule has 6 nitrogen and oxygen atoms in total. The molecule has 1 rings (SSSR count). The first-order valence-electron chi connectivity index (χ1n) is 5.38. The van der Waals surface area contributed by atoms with Crippen molar-refractivity contribution >= 4 is 12.2 Å². The maximum absolute atomic E-state index is 11.3. The fourth-order valence-corrected chi connectivity index (χ4v) is 1.92. The van der Waals surface area contributed by atoms with Crippen molar-refractivity contribution in [3.05, 3.63) is 0 Å². The van der Waals surface area contributed by atoms with Gasteiger partial charge in [-0.25, -0.2) is 9.59 Å². The Morgan fingerprint density at radius 2 is 2.25 bits per heavy atom. The van der Waals surface area contributed by atoms with Gasteiger partial charge >= 0.3 is 12.2 Å². The standard InChI is InChI=1S/C10H18N2O4/c1-15-10(14)12-5-2-3-8(7-12)4-6-16-9(11)13/h8H,2-7H2,1H3,(H2,11,13). The summed E-state index contributed by atoms with van der Waals surface area (Å²) >= 11 is 0. The molecule has 0 aliphatic carbocycles. The first-order chi connectivity index (χ1) is 7.63. The second-order valence-corrected chi connectivity index (χ2v) is 3.88. The zero-order valence-electron chi connectivity index (χ0n) is 9.48. The maximum Gasteiger partial charge on any atom is 0.409 e. The van der Waals surface area contributed by atoms with Crippen molar-refractivity contribution in [3.63, 3.8) is 0 Å². The van der Waals surface area contributed by atoms with Crippen LogP contribution in [0.4, 0.5) is 9.59 Å². The summed E-state index contributed by atoms with van der Waals surface area (Å²) < 4.78 is 9.33. The molecule has 1 unspecified atom stereocenters. The van der Waals surface area contributed by atoms with Crippen LogP contribution in [0.3, 0.4) is 0 Å². The van der Waals surface area contributed by atoms with Crippen LogP contribution in [0.2, 0.25) is 0 Å². The van der Waals surface area contributed by atoms with E-state index in [0.29, 0.717) is 19.1 Å². The van der Waals surface area contributed by atoms with E-state index in [2.05, 4.69) is 9.47 Å². The lowest BCUT2D eigenvalue weighted by Gasteiger charge is -2.31. The summed E-state index contributed by atoms with van der Waals surface area (Å²) in [5, 5.41) is 0. The molecule has 0 aromatic carbocycles. The first kappa shape index (κ1) is 12.6. The zero-order chi connectivity index (χ0) is 12.0. The van der Waals surface area contributed by atoms with E-state index in [1.165, 1.54) is 7.11 Å². The molecule has 0 aromatic heterocycles. The highest BCUT2D eigenvalue weighted by Crippen LogP contribution is 2.19. The highest BCUT2D eigenvalue weighted by Gasteiger charge is 2.23. The smallest absolute Gasteiger partial charge is 0.409 e. The largest absolute Gasteiger partial charge is 0.453 e. The number of amides is 2. The van der Waals surface area contributed by atoms with Gasteiger partial charge in [0, 0.05) is 13.1 Å². The summed E-state index contributed by atoms with van der Waals surface area (Å²) in [5.74, 6) is 0.354. The van der Waals surface area contributed by atoms with Gasteiger partial charge < -0.3 is 20.1 Å². The number of hydrogen-bond acceptors (Lipinski definition) is 4. The molecule has 6 heteroatoms. The van der Waals surface area contributed by atoms with Gasteiger partial charge in [-0.2, -0.15) is 0 Å². The Morgan fingerprint density at radius 1 is 1.50 bits per heavy atom. The summed E-state index contributed by atoms with van der Waals surface area (Å²) in [6, 6.07) is 0. The van der Waals surface area contributed by atoms with Crippen LogP contribution in [0.5, 0.6) is 0 Å². The molecule has 1 atom stereocenters. The number of rotatable bonds is 3. The van der Waals surface area contributed by atoms with E-state index < -0.39 is 6.09 Å². The molecular weight excluding hydrogens is 212 g/mol. The lowest BCUT2D eigenvalue weighted by molar-refractivity contribution is 0.0925. The Kier molecular flexibility index (Phi) is 4.88. The van der Waals surface area contributed by atoms with Crippen molar-refractivity contribution in [2.75, 3.05) is 26.8 Å². The van der Waals surface area contributed by atoms with Gasteiger partial charge in [0.15, 0.2) is 0 Å². The number of likely N-dealkylation sites (tertiary alicyclic amines) is 1.